The molecule has 4 rings (SSSR count). The van der Waals surface area contributed by atoms with Crippen molar-refractivity contribution in [1.82, 2.24) is 20.3 Å². The standard InChI is InChI=1S/C26H37N5O6S2/c1-26(2,3)31-39(35,36)22-13-18(30-25(34)37-15-19-5-4-12-27-19)10-11-20(22)21-14-28-23(38-21)16-6-8-17(9-7-16)29-24(32)33/h10-11,13-14,16-17,19,27,29,31H,4-9,12,15H2,1-3H3,(H,30,34)(H,32,33)/t16?,17?,19-/m1/s1. The number of carbonyl (C=O) groups excluding carboxylic acids is 1. The van der Waals surface area contributed by atoms with Gasteiger partial charge in [0, 0.05) is 41.0 Å². The van der Waals surface area contributed by atoms with Gasteiger partial charge in [-0.3, -0.25) is 5.32 Å². The largest absolute Gasteiger partial charge is 0.465 e. The van der Waals surface area contributed by atoms with Gasteiger partial charge < -0.3 is 20.5 Å². The Labute approximate surface area is 233 Å². The van der Waals surface area contributed by atoms with E-state index in [0.29, 0.717) is 16.1 Å². The lowest BCUT2D eigenvalue weighted by molar-refractivity contribution is 0.151. The molecule has 1 atom stereocenters. The third-order valence-electron chi connectivity index (χ3n) is 6.73. The van der Waals surface area contributed by atoms with E-state index < -0.39 is 27.7 Å². The lowest BCUT2D eigenvalue weighted by Crippen LogP contribution is -2.40. The van der Waals surface area contributed by atoms with E-state index in [1.165, 1.54) is 17.4 Å². The van der Waals surface area contributed by atoms with Crippen molar-refractivity contribution in [3.05, 3.63) is 29.4 Å². The van der Waals surface area contributed by atoms with Gasteiger partial charge in [-0.1, -0.05) is 6.07 Å². The van der Waals surface area contributed by atoms with Crippen molar-refractivity contribution < 1.29 is 27.9 Å². The minimum atomic E-state index is -3.95. The second-order valence-corrected chi connectivity index (χ2v) is 13.9. The summed E-state index contributed by atoms with van der Waals surface area (Å²) in [5.74, 6) is 0.188. The van der Waals surface area contributed by atoms with Crippen LogP contribution in [0.25, 0.3) is 10.4 Å². The highest BCUT2D eigenvalue weighted by molar-refractivity contribution is 7.89. The second kappa shape index (κ2) is 12.2. The maximum Gasteiger partial charge on any atom is 0.411 e. The summed E-state index contributed by atoms with van der Waals surface area (Å²) in [5.41, 5.74) is 0.0889. The molecule has 1 aliphatic carbocycles. The molecule has 2 aliphatic rings. The van der Waals surface area contributed by atoms with Gasteiger partial charge in [-0.15, -0.1) is 11.3 Å². The summed E-state index contributed by atoms with van der Waals surface area (Å²) in [5, 5.41) is 18.3. The van der Waals surface area contributed by atoms with Gasteiger partial charge in [0.2, 0.25) is 10.0 Å². The number of carbonyl (C=O) groups is 2. The van der Waals surface area contributed by atoms with Gasteiger partial charge >= 0.3 is 12.2 Å². The first-order valence-corrected chi connectivity index (χ1v) is 15.5. The highest BCUT2D eigenvalue weighted by Crippen LogP contribution is 2.40. The van der Waals surface area contributed by atoms with Gasteiger partial charge in [0.05, 0.1) is 14.8 Å². The number of sulfonamides is 1. The molecule has 214 valence electrons. The molecule has 2 aromatic rings. The summed E-state index contributed by atoms with van der Waals surface area (Å²) in [7, 11) is -3.95. The van der Waals surface area contributed by atoms with Crippen LogP contribution in [-0.4, -0.2) is 61.5 Å². The highest BCUT2D eigenvalue weighted by atomic mass is 32.2. The molecule has 2 heterocycles. The molecule has 0 bridgehead atoms. The molecular formula is C26H37N5O6S2. The van der Waals surface area contributed by atoms with E-state index in [9.17, 15) is 18.0 Å². The normalized spacial score (nSPS) is 21.9. The molecule has 39 heavy (non-hydrogen) atoms. The van der Waals surface area contributed by atoms with Crippen molar-refractivity contribution in [1.29, 1.82) is 0 Å². The van der Waals surface area contributed by atoms with E-state index in [0.717, 1.165) is 50.1 Å². The molecule has 0 radical (unpaired) electrons. The average molecular weight is 580 g/mol. The number of nitrogens with one attached hydrogen (secondary N) is 4. The van der Waals surface area contributed by atoms with Crippen LogP contribution >= 0.6 is 11.3 Å². The molecular weight excluding hydrogens is 542 g/mol. The Bertz CT molecular complexity index is 1280. The number of hydrogen-bond donors (Lipinski definition) is 5. The van der Waals surface area contributed by atoms with Crippen molar-refractivity contribution in [2.24, 2.45) is 0 Å². The average Bonchev–Trinajstić information content (AvgIpc) is 3.54. The van der Waals surface area contributed by atoms with Crippen LogP contribution < -0.4 is 20.7 Å². The number of amides is 2. The fourth-order valence-electron chi connectivity index (χ4n) is 4.97. The summed E-state index contributed by atoms with van der Waals surface area (Å²) in [6.07, 6.45) is 5.08. The first kappa shape index (κ1) is 29.2. The van der Waals surface area contributed by atoms with Crippen LogP contribution in [0.3, 0.4) is 0 Å². The summed E-state index contributed by atoms with van der Waals surface area (Å²) in [6, 6.07) is 4.85. The third kappa shape index (κ3) is 8.13. The lowest BCUT2D eigenvalue weighted by Gasteiger charge is -2.27. The minimum Gasteiger partial charge on any atom is -0.465 e. The van der Waals surface area contributed by atoms with Crippen molar-refractivity contribution in [3.8, 4) is 10.4 Å². The van der Waals surface area contributed by atoms with Crippen LogP contribution in [0.5, 0.6) is 0 Å². The van der Waals surface area contributed by atoms with Gasteiger partial charge in [0.15, 0.2) is 0 Å². The van der Waals surface area contributed by atoms with Gasteiger partial charge in [-0.05, 0) is 78.0 Å². The van der Waals surface area contributed by atoms with Crippen molar-refractivity contribution in [3.63, 3.8) is 0 Å². The predicted octanol–water partition coefficient (Wildman–Crippen LogP) is 4.48. The van der Waals surface area contributed by atoms with E-state index in [-0.39, 0.29) is 29.5 Å². The molecule has 2 amide bonds. The highest BCUT2D eigenvalue weighted by Gasteiger charge is 2.29. The van der Waals surface area contributed by atoms with Crippen LogP contribution in [0.15, 0.2) is 29.3 Å². The summed E-state index contributed by atoms with van der Waals surface area (Å²) in [6.45, 7) is 6.45. The van der Waals surface area contributed by atoms with Crippen LogP contribution in [0.1, 0.15) is 70.2 Å². The van der Waals surface area contributed by atoms with Crippen LogP contribution in [-0.2, 0) is 14.8 Å². The second-order valence-electron chi connectivity index (χ2n) is 11.1. The Morgan fingerprint density at radius 2 is 1.92 bits per heavy atom. The summed E-state index contributed by atoms with van der Waals surface area (Å²) < 4.78 is 35.0. The zero-order valence-corrected chi connectivity index (χ0v) is 24.1. The monoisotopic (exact) mass is 579 g/mol. The van der Waals surface area contributed by atoms with E-state index in [1.807, 2.05) is 0 Å². The van der Waals surface area contributed by atoms with Gasteiger partial charge in [0.1, 0.15) is 6.61 Å². The fourth-order valence-corrected chi connectivity index (χ4v) is 7.83. The molecule has 2 fully saturated rings. The molecule has 5 N–H and O–H groups in total. The Morgan fingerprint density at radius 1 is 1.18 bits per heavy atom. The fraction of sp³-hybridized carbons (Fsp3) is 0.577. The molecule has 1 aromatic carbocycles. The zero-order valence-electron chi connectivity index (χ0n) is 22.5. The number of rotatable bonds is 8. The molecule has 0 unspecified atom stereocenters. The molecule has 13 heteroatoms. The topological polar surface area (TPSA) is 159 Å². The summed E-state index contributed by atoms with van der Waals surface area (Å²) in [4.78, 5) is 28.7. The number of anilines is 1. The summed E-state index contributed by atoms with van der Waals surface area (Å²) >= 11 is 1.44. The SMILES string of the molecule is CC(C)(C)NS(=O)(=O)c1cc(NC(=O)OC[C@H]2CCCN2)ccc1-c1cnc(C2CCC(NC(=O)O)CC2)s1. The molecule has 1 saturated heterocycles. The molecule has 1 aromatic heterocycles. The van der Waals surface area contributed by atoms with Crippen LogP contribution in [0.4, 0.5) is 15.3 Å². The van der Waals surface area contributed by atoms with Crippen LogP contribution in [0, 0.1) is 0 Å². The van der Waals surface area contributed by atoms with Gasteiger partial charge in [-0.25, -0.2) is 27.7 Å². The van der Waals surface area contributed by atoms with E-state index in [2.05, 4.69) is 25.7 Å². The number of thiazole rings is 1. The first-order valence-electron chi connectivity index (χ1n) is 13.2. The van der Waals surface area contributed by atoms with Crippen molar-refractivity contribution in [2.75, 3.05) is 18.5 Å². The molecule has 0 spiro atoms. The Kier molecular flexibility index (Phi) is 9.14. The molecule has 1 aliphatic heterocycles. The van der Waals surface area contributed by atoms with Crippen molar-refractivity contribution >= 4 is 39.2 Å². The number of carboxylic acid groups (broad SMARTS) is 1. The predicted molar refractivity (Wildman–Crippen MR) is 150 cm³/mol. The van der Waals surface area contributed by atoms with Crippen LogP contribution in [0.2, 0.25) is 0 Å². The Balaban J connectivity index is 1.54. The van der Waals surface area contributed by atoms with E-state index >= 15 is 0 Å². The van der Waals surface area contributed by atoms with Gasteiger partial charge in [0.25, 0.3) is 0 Å². The maximum absolute atomic E-state index is 13.5. The van der Waals surface area contributed by atoms with Gasteiger partial charge in [-0.2, -0.15) is 0 Å². The van der Waals surface area contributed by atoms with E-state index in [4.69, 9.17) is 9.84 Å². The number of benzene rings is 1. The first-order chi connectivity index (χ1) is 18.4. The molecule has 1 saturated carbocycles. The zero-order chi connectivity index (χ0) is 28.2. The minimum absolute atomic E-state index is 0.0391. The van der Waals surface area contributed by atoms with Crippen molar-refractivity contribution in [2.45, 2.75) is 87.7 Å². The number of ether oxygens (including phenoxy) is 1. The smallest absolute Gasteiger partial charge is 0.411 e. The quantitative estimate of drug-likeness (QED) is 0.306. The Hall–Kier alpha value is -2.74. The third-order valence-corrected chi connectivity index (χ3v) is 9.72. The lowest BCUT2D eigenvalue weighted by atomic mass is 9.86. The van der Waals surface area contributed by atoms with E-state index in [1.54, 1.807) is 39.1 Å². The number of nitrogens with zero attached hydrogens (tertiary/aromatic N) is 1. The Morgan fingerprint density at radius 3 is 2.56 bits per heavy atom. The maximum atomic E-state index is 13.5. The molecule has 11 nitrogen and oxygen atoms in total. The number of hydrogen-bond acceptors (Lipinski definition) is 8. The number of aromatic nitrogens is 1.